The summed E-state index contributed by atoms with van der Waals surface area (Å²) in [6, 6.07) is 14.1. The molecular weight excluding hydrogens is 370 g/mol. The van der Waals surface area contributed by atoms with Gasteiger partial charge >= 0.3 is 0 Å². The van der Waals surface area contributed by atoms with E-state index in [1.807, 2.05) is 30.3 Å². The molecule has 2 fully saturated rings. The highest BCUT2D eigenvalue weighted by atomic mass is 16.5. The van der Waals surface area contributed by atoms with Crippen LogP contribution >= 0.6 is 0 Å². The van der Waals surface area contributed by atoms with Crippen LogP contribution in [0.15, 0.2) is 60.7 Å². The van der Waals surface area contributed by atoms with E-state index in [2.05, 4.69) is 6.58 Å². The summed E-state index contributed by atoms with van der Waals surface area (Å²) in [5.74, 6) is 0.366. The summed E-state index contributed by atoms with van der Waals surface area (Å²) in [7, 11) is 3.08. The second kappa shape index (κ2) is 7.37. The van der Waals surface area contributed by atoms with Gasteiger partial charge in [-0.05, 0) is 29.7 Å². The molecule has 29 heavy (non-hydrogen) atoms. The maximum atomic E-state index is 13.6. The zero-order chi connectivity index (χ0) is 20.6. The number of benzene rings is 2. The summed E-state index contributed by atoms with van der Waals surface area (Å²) in [6.07, 6.45) is 0.863. The normalized spacial score (nSPS) is 23.9. The van der Waals surface area contributed by atoms with Crippen molar-refractivity contribution < 1.29 is 23.8 Å². The number of rotatable bonds is 5. The number of ketones is 1. The monoisotopic (exact) mass is 393 g/mol. The van der Waals surface area contributed by atoms with Crippen LogP contribution in [-0.2, 0) is 20.7 Å². The Morgan fingerprint density at radius 2 is 1.90 bits per heavy atom. The molecule has 0 bridgehead atoms. The number of methoxy groups -OCH3 is 2. The Morgan fingerprint density at radius 3 is 2.52 bits per heavy atom. The summed E-state index contributed by atoms with van der Waals surface area (Å²) >= 11 is 0. The van der Waals surface area contributed by atoms with Gasteiger partial charge < -0.3 is 14.2 Å². The third-order valence-corrected chi connectivity index (χ3v) is 5.62. The molecule has 2 aliphatic heterocycles. The Morgan fingerprint density at radius 1 is 1.14 bits per heavy atom. The van der Waals surface area contributed by atoms with Gasteiger partial charge in [-0.1, -0.05) is 36.9 Å². The molecule has 1 amide bonds. The number of hydrogen-bond acceptors (Lipinski definition) is 5. The fourth-order valence-corrected chi connectivity index (χ4v) is 4.11. The molecule has 150 valence electrons. The number of hydrogen-bond donors (Lipinski definition) is 0. The summed E-state index contributed by atoms with van der Waals surface area (Å²) in [6.45, 7) is 4.29. The predicted octanol–water partition coefficient (Wildman–Crippen LogP) is 2.95. The molecule has 6 nitrogen and oxygen atoms in total. The number of amides is 1. The van der Waals surface area contributed by atoms with E-state index in [-0.39, 0.29) is 5.78 Å². The Kier molecular flexibility index (Phi) is 4.88. The van der Waals surface area contributed by atoms with E-state index in [9.17, 15) is 9.59 Å². The number of carbonyl (C=O) groups is 2. The van der Waals surface area contributed by atoms with E-state index in [4.69, 9.17) is 14.2 Å². The van der Waals surface area contributed by atoms with Crippen LogP contribution in [0.2, 0.25) is 0 Å². The number of nitrogens with zero attached hydrogens (tertiary/aromatic N) is 1. The van der Waals surface area contributed by atoms with E-state index in [0.29, 0.717) is 42.2 Å². The maximum Gasteiger partial charge on any atom is 0.272 e. The van der Waals surface area contributed by atoms with Crippen molar-refractivity contribution in [2.45, 2.75) is 24.5 Å². The molecule has 0 unspecified atom stereocenters. The van der Waals surface area contributed by atoms with Crippen molar-refractivity contribution in [2.75, 3.05) is 25.7 Å². The van der Waals surface area contributed by atoms with Gasteiger partial charge in [0.25, 0.3) is 5.91 Å². The van der Waals surface area contributed by atoms with Crippen molar-refractivity contribution in [3.63, 3.8) is 0 Å². The lowest BCUT2D eigenvalue weighted by Gasteiger charge is -2.26. The fourth-order valence-electron chi connectivity index (χ4n) is 4.11. The van der Waals surface area contributed by atoms with Gasteiger partial charge in [0.1, 0.15) is 17.5 Å². The second-order valence-electron chi connectivity index (χ2n) is 7.17. The lowest BCUT2D eigenvalue weighted by atomic mass is 9.88. The molecule has 0 N–H and O–H groups in total. The number of ether oxygens (including phenoxy) is 3. The average Bonchev–Trinajstić information content (AvgIpc) is 3.23. The van der Waals surface area contributed by atoms with E-state index in [1.165, 1.54) is 12.0 Å². The van der Waals surface area contributed by atoms with Gasteiger partial charge in [-0.25, -0.2) is 0 Å². The molecule has 2 heterocycles. The van der Waals surface area contributed by atoms with Crippen LogP contribution in [0.3, 0.4) is 0 Å². The first kappa shape index (κ1) is 19.2. The van der Waals surface area contributed by atoms with Crippen LogP contribution in [-0.4, -0.2) is 44.2 Å². The summed E-state index contributed by atoms with van der Waals surface area (Å²) in [4.78, 5) is 28.7. The zero-order valence-electron chi connectivity index (χ0n) is 16.5. The van der Waals surface area contributed by atoms with Crippen molar-refractivity contribution >= 4 is 17.4 Å². The van der Waals surface area contributed by atoms with E-state index < -0.39 is 17.6 Å². The predicted molar refractivity (Wildman–Crippen MR) is 108 cm³/mol. The Balaban J connectivity index is 1.83. The summed E-state index contributed by atoms with van der Waals surface area (Å²) < 4.78 is 16.5. The van der Waals surface area contributed by atoms with Crippen LogP contribution in [0.5, 0.6) is 11.5 Å². The quantitative estimate of drug-likeness (QED) is 0.577. The molecule has 2 saturated heterocycles. The van der Waals surface area contributed by atoms with Gasteiger partial charge in [-0.3, -0.25) is 14.5 Å². The van der Waals surface area contributed by atoms with Gasteiger partial charge in [-0.2, -0.15) is 0 Å². The average molecular weight is 393 g/mol. The molecule has 0 aliphatic carbocycles. The SMILES string of the molecule is C=C1CCO[C@]12C(=O)[C@H](Cc1ccccc1)N(c1ccc(OC)cc1OC)C2=O. The molecule has 2 atom stereocenters. The topological polar surface area (TPSA) is 65.1 Å². The highest BCUT2D eigenvalue weighted by molar-refractivity contribution is 6.28. The Labute approximate surface area is 169 Å². The van der Waals surface area contributed by atoms with Crippen LogP contribution in [0, 0.1) is 0 Å². The van der Waals surface area contributed by atoms with Crippen molar-refractivity contribution in [2.24, 2.45) is 0 Å². The maximum absolute atomic E-state index is 13.6. The van der Waals surface area contributed by atoms with Crippen molar-refractivity contribution in [3.05, 3.63) is 66.2 Å². The molecular formula is C23H23NO5. The molecule has 6 heteroatoms. The van der Waals surface area contributed by atoms with E-state index in [0.717, 1.165) is 5.56 Å². The van der Waals surface area contributed by atoms with Crippen LogP contribution in [0.1, 0.15) is 12.0 Å². The third kappa shape index (κ3) is 2.91. The first-order valence-corrected chi connectivity index (χ1v) is 9.49. The standard InChI is InChI=1S/C23H23NO5/c1-15-11-12-29-23(15)21(25)19(13-16-7-5-4-6-8-16)24(22(23)26)18-10-9-17(27-2)14-20(18)28-3/h4-10,14,19H,1,11-13H2,2-3H3/t19-,23-/m0/s1. The molecule has 2 aromatic rings. The number of carbonyl (C=O) groups excluding carboxylic acids is 2. The molecule has 0 saturated carbocycles. The van der Waals surface area contributed by atoms with Gasteiger partial charge in [0, 0.05) is 12.5 Å². The zero-order valence-corrected chi connectivity index (χ0v) is 16.5. The van der Waals surface area contributed by atoms with E-state index >= 15 is 0 Å². The van der Waals surface area contributed by atoms with Gasteiger partial charge in [0.15, 0.2) is 0 Å². The second-order valence-corrected chi connectivity index (χ2v) is 7.17. The highest BCUT2D eigenvalue weighted by Gasteiger charge is 2.64. The summed E-state index contributed by atoms with van der Waals surface area (Å²) in [5, 5.41) is 0. The van der Waals surface area contributed by atoms with Crippen LogP contribution in [0.25, 0.3) is 0 Å². The molecule has 0 aromatic heterocycles. The Hall–Kier alpha value is -3.12. The molecule has 1 spiro atoms. The van der Waals surface area contributed by atoms with Crippen molar-refractivity contribution in [1.29, 1.82) is 0 Å². The lowest BCUT2D eigenvalue weighted by Crippen LogP contribution is -2.44. The Bertz CT molecular complexity index is 970. The molecule has 2 aliphatic rings. The fraction of sp³-hybridized carbons (Fsp3) is 0.304. The van der Waals surface area contributed by atoms with Crippen molar-refractivity contribution in [1.82, 2.24) is 0 Å². The van der Waals surface area contributed by atoms with Crippen LogP contribution in [0.4, 0.5) is 5.69 Å². The van der Waals surface area contributed by atoms with Crippen molar-refractivity contribution in [3.8, 4) is 11.5 Å². The smallest absolute Gasteiger partial charge is 0.272 e. The number of anilines is 1. The lowest BCUT2D eigenvalue weighted by molar-refractivity contribution is -0.142. The molecule has 0 radical (unpaired) electrons. The molecule has 2 aromatic carbocycles. The van der Waals surface area contributed by atoms with Crippen LogP contribution < -0.4 is 14.4 Å². The first-order valence-electron chi connectivity index (χ1n) is 9.49. The minimum absolute atomic E-state index is 0.272. The first-order chi connectivity index (χ1) is 14.0. The highest BCUT2D eigenvalue weighted by Crippen LogP contribution is 2.45. The summed E-state index contributed by atoms with van der Waals surface area (Å²) in [5.41, 5.74) is 0.370. The van der Waals surface area contributed by atoms with Gasteiger partial charge in [-0.15, -0.1) is 0 Å². The van der Waals surface area contributed by atoms with Gasteiger partial charge in [0.05, 0.1) is 26.5 Å². The minimum atomic E-state index is -1.61. The molecule has 4 rings (SSSR count). The minimum Gasteiger partial charge on any atom is -0.497 e. The van der Waals surface area contributed by atoms with E-state index in [1.54, 1.807) is 25.3 Å². The third-order valence-electron chi connectivity index (χ3n) is 5.62. The van der Waals surface area contributed by atoms with Gasteiger partial charge in [0.2, 0.25) is 11.4 Å². The number of Topliss-reactive ketones (excluding diaryl/α,β-unsaturated/α-hetero) is 1. The largest absolute Gasteiger partial charge is 0.497 e.